The molecular weight excluding hydrogens is 411 g/mol. The highest BCUT2D eigenvalue weighted by Crippen LogP contribution is 2.21. The van der Waals surface area contributed by atoms with Gasteiger partial charge in [-0.15, -0.1) is 12.6 Å². The van der Waals surface area contributed by atoms with Gasteiger partial charge < -0.3 is 10.4 Å². The first-order valence-corrected chi connectivity index (χ1v) is 10.1. The summed E-state index contributed by atoms with van der Waals surface area (Å²) in [7, 11) is 1.00. The molecule has 150 valence electrons. The first kappa shape index (κ1) is 24.5. The predicted octanol–water partition coefficient (Wildman–Crippen LogP) is 5.82. The second kappa shape index (κ2) is 14.4. The van der Waals surface area contributed by atoms with Gasteiger partial charge in [0.1, 0.15) is 0 Å². The fourth-order valence-electron chi connectivity index (χ4n) is 2.26. The van der Waals surface area contributed by atoms with E-state index in [1.165, 1.54) is 11.1 Å². The maximum atomic E-state index is 7.00. The van der Waals surface area contributed by atoms with Gasteiger partial charge in [-0.1, -0.05) is 60.5 Å². The van der Waals surface area contributed by atoms with E-state index in [9.17, 15) is 0 Å². The zero-order chi connectivity index (χ0) is 20.8. The van der Waals surface area contributed by atoms with Crippen LogP contribution in [0.1, 0.15) is 23.6 Å². The Labute approximate surface area is 183 Å². The van der Waals surface area contributed by atoms with Gasteiger partial charge in [0, 0.05) is 47.5 Å². The summed E-state index contributed by atoms with van der Waals surface area (Å²) >= 11 is 16.4. The Hall–Kier alpha value is -1.56. The molecule has 0 unspecified atom stereocenters. The van der Waals surface area contributed by atoms with Crippen LogP contribution in [0.5, 0.6) is 0 Å². The lowest BCUT2D eigenvalue weighted by atomic mass is 10.2. The number of aliphatic hydroxyl groups excluding tert-OH is 1. The average molecular weight is 437 g/mol. The molecule has 0 aliphatic heterocycles. The highest BCUT2D eigenvalue weighted by Gasteiger charge is 2.02. The molecule has 0 amide bonds. The number of benzene rings is 2. The third-order valence-electron chi connectivity index (χ3n) is 3.77. The van der Waals surface area contributed by atoms with Gasteiger partial charge in [0.25, 0.3) is 0 Å². The smallest absolute Gasteiger partial charge is 0.0465 e. The van der Waals surface area contributed by atoms with E-state index >= 15 is 0 Å². The fourth-order valence-corrected chi connectivity index (χ4v) is 2.98. The number of nitrogens with one attached hydrogen (secondary N) is 1. The van der Waals surface area contributed by atoms with Gasteiger partial charge in [-0.2, -0.15) is 0 Å². The van der Waals surface area contributed by atoms with Crippen molar-refractivity contribution < 1.29 is 5.11 Å². The molecule has 0 saturated heterocycles. The Bertz CT molecular complexity index is 817. The zero-order valence-corrected chi connectivity index (χ0v) is 18.5. The van der Waals surface area contributed by atoms with E-state index in [0.717, 1.165) is 30.5 Å². The van der Waals surface area contributed by atoms with E-state index in [0.29, 0.717) is 16.6 Å². The maximum Gasteiger partial charge on any atom is 0.0465 e. The van der Waals surface area contributed by atoms with Gasteiger partial charge in [-0.25, -0.2) is 0 Å². The summed E-state index contributed by atoms with van der Waals surface area (Å²) in [5, 5.41) is 11.7. The second-order valence-corrected chi connectivity index (χ2v) is 7.01. The molecule has 2 aromatic carbocycles. The van der Waals surface area contributed by atoms with Gasteiger partial charge >= 0.3 is 0 Å². The molecule has 0 aliphatic rings. The topological polar surface area (TPSA) is 45.2 Å². The van der Waals surface area contributed by atoms with Crippen LogP contribution >= 0.6 is 35.8 Å². The second-order valence-electron chi connectivity index (χ2n) is 5.68. The standard InChI is InChI=1S/C14H13Cl2NS.C7H9N.CH4O/c15-12-6-5-10(13(16)7-12)8-17-9-11-3-1-2-4-14(11)18;1-2-7-4-3-5-8-6-7;1-2/h1-7,17-18H,8-9H2;3-6H,2H2,1H3;2H,1H3. The number of pyridine rings is 1. The molecule has 1 aromatic heterocycles. The van der Waals surface area contributed by atoms with Crippen molar-refractivity contribution >= 4 is 35.8 Å². The number of aryl methyl sites for hydroxylation is 1. The van der Waals surface area contributed by atoms with Crippen molar-refractivity contribution in [3.8, 4) is 0 Å². The van der Waals surface area contributed by atoms with Crippen LogP contribution in [-0.2, 0) is 19.5 Å². The Morgan fingerprint density at radius 2 is 1.68 bits per heavy atom. The fraction of sp³-hybridized carbons (Fsp3) is 0.227. The van der Waals surface area contributed by atoms with Crippen LogP contribution in [0.4, 0.5) is 0 Å². The van der Waals surface area contributed by atoms with E-state index < -0.39 is 0 Å². The highest BCUT2D eigenvalue weighted by atomic mass is 35.5. The first-order chi connectivity index (χ1) is 13.6. The highest BCUT2D eigenvalue weighted by molar-refractivity contribution is 7.80. The van der Waals surface area contributed by atoms with Crippen molar-refractivity contribution in [3.05, 3.63) is 93.7 Å². The van der Waals surface area contributed by atoms with Crippen LogP contribution in [0.25, 0.3) is 0 Å². The Kier molecular flexibility index (Phi) is 12.6. The predicted molar refractivity (Wildman–Crippen MR) is 122 cm³/mol. The number of aromatic nitrogens is 1. The van der Waals surface area contributed by atoms with Crippen molar-refractivity contribution in [1.29, 1.82) is 0 Å². The molecule has 6 heteroatoms. The third-order valence-corrected chi connectivity index (χ3v) is 4.79. The molecule has 3 aromatic rings. The van der Waals surface area contributed by atoms with Crippen LogP contribution in [0, 0.1) is 0 Å². The normalized spacial score (nSPS) is 9.64. The minimum Gasteiger partial charge on any atom is -0.400 e. The summed E-state index contributed by atoms with van der Waals surface area (Å²) in [6.07, 6.45) is 4.76. The SMILES string of the molecule is CCc1cccnc1.CO.Sc1ccccc1CNCc1ccc(Cl)cc1Cl. The number of thiol groups is 1. The van der Waals surface area contributed by atoms with Gasteiger partial charge in [0.2, 0.25) is 0 Å². The quantitative estimate of drug-likeness (QED) is 0.441. The van der Waals surface area contributed by atoms with E-state index in [-0.39, 0.29) is 0 Å². The third kappa shape index (κ3) is 9.09. The largest absolute Gasteiger partial charge is 0.400 e. The van der Waals surface area contributed by atoms with Crippen molar-refractivity contribution in [2.45, 2.75) is 31.3 Å². The molecule has 1 heterocycles. The van der Waals surface area contributed by atoms with Crippen molar-refractivity contribution in [3.63, 3.8) is 0 Å². The molecular formula is C22H26Cl2N2OS. The molecule has 0 aliphatic carbocycles. The number of rotatable bonds is 5. The maximum absolute atomic E-state index is 7.00. The molecule has 3 nitrogen and oxygen atoms in total. The van der Waals surface area contributed by atoms with Crippen molar-refractivity contribution in [1.82, 2.24) is 10.3 Å². The van der Waals surface area contributed by atoms with Gasteiger partial charge in [-0.3, -0.25) is 4.98 Å². The number of nitrogens with zero attached hydrogens (tertiary/aromatic N) is 1. The minimum atomic E-state index is 0.657. The van der Waals surface area contributed by atoms with Gasteiger partial charge in [0.15, 0.2) is 0 Å². The van der Waals surface area contributed by atoms with E-state index in [2.05, 4.69) is 42.0 Å². The summed E-state index contributed by atoms with van der Waals surface area (Å²) in [5.74, 6) is 0. The molecule has 2 N–H and O–H groups in total. The van der Waals surface area contributed by atoms with Crippen LogP contribution < -0.4 is 5.32 Å². The average Bonchev–Trinajstić information content (AvgIpc) is 2.73. The van der Waals surface area contributed by atoms with E-state index in [1.54, 1.807) is 12.3 Å². The van der Waals surface area contributed by atoms with E-state index in [4.69, 9.17) is 28.3 Å². The minimum absolute atomic E-state index is 0.657. The summed E-state index contributed by atoms with van der Waals surface area (Å²) in [4.78, 5) is 4.95. The first-order valence-electron chi connectivity index (χ1n) is 8.85. The van der Waals surface area contributed by atoms with Crippen LogP contribution in [0.15, 0.2) is 71.9 Å². The lowest BCUT2D eigenvalue weighted by Crippen LogP contribution is -2.13. The Morgan fingerprint density at radius 1 is 0.964 bits per heavy atom. The number of hydrogen-bond acceptors (Lipinski definition) is 4. The van der Waals surface area contributed by atoms with E-state index in [1.807, 2.05) is 42.6 Å². The Balaban J connectivity index is 0.000000327. The number of hydrogen-bond donors (Lipinski definition) is 3. The summed E-state index contributed by atoms with van der Waals surface area (Å²) < 4.78 is 0. The number of halogens is 2. The summed E-state index contributed by atoms with van der Waals surface area (Å²) in [6.45, 7) is 3.59. The van der Waals surface area contributed by atoms with Gasteiger partial charge in [0.05, 0.1) is 0 Å². The molecule has 0 saturated carbocycles. The molecule has 0 atom stereocenters. The molecule has 0 fully saturated rings. The Morgan fingerprint density at radius 3 is 2.25 bits per heavy atom. The molecule has 28 heavy (non-hydrogen) atoms. The monoisotopic (exact) mass is 436 g/mol. The number of aliphatic hydroxyl groups is 1. The zero-order valence-electron chi connectivity index (χ0n) is 16.1. The van der Waals surface area contributed by atoms with Crippen LogP contribution in [0.2, 0.25) is 10.0 Å². The lowest BCUT2D eigenvalue weighted by Gasteiger charge is -2.08. The van der Waals surface area contributed by atoms with Crippen molar-refractivity contribution in [2.75, 3.05) is 7.11 Å². The van der Waals surface area contributed by atoms with Crippen LogP contribution in [0.3, 0.4) is 0 Å². The summed E-state index contributed by atoms with van der Waals surface area (Å²) in [5.41, 5.74) is 3.51. The van der Waals surface area contributed by atoms with Gasteiger partial charge in [-0.05, 0) is 47.4 Å². The summed E-state index contributed by atoms with van der Waals surface area (Å²) in [6, 6.07) is 17.6. The van der Waals surface area contributed by atoms with Crippen LogP contribution in [-0.4, -0.2) is 17.2 Å². The molecule has 0 bridgehead atoms. The molecule has 0 spiro atoms. The molecule has 0 radical (unpaired) electrons. The van der Waals surface area contributed by atoms with Crippen molar-refractivity contribution in [2.24, 2.45) is 0 Å². The molecule has 3 rings (SSSR count). The lowest BCUT2D eigenvalue weighted by molar-refractivity contribution is 0.399.